The van der Waals surface area contributed by atoms with Gasteiger partial charge < -0.3 is 9.88 Å². The molecule has 0 unspecified atom stereocenters. The standard InChI is InChI=1S/C15H23N3O2S/c1-3-12-11(2)14(20)17-15(16-12)21-10-13(19)18-8-6-4-5-7-9-18/h3-10H2,1-2H3,(H,16,17,20). The zero-order valence-electron chi connectivity index (χ0n) is 12.8. The SMILES string of the molecule is CCc1nc(SCC(=O)N2CCCCCC2)[nH]c(=O)c1C. The molecule has 0 radical (unpaired) electrons. The maximum Gasteiger partial charge on any atom is 0.254 e. The summed E-state index contributed by atoms with van der Waals surface area (Å²) in [6.07, 6.45) is 5.34. The van der Waals surface area contributed by atoms with E-state index in [0.717, 1.165) is 38.0 Å². The molecule has 1 aromatic rings. The maximum absolute atomic E-state index is 12.2. The summed E-state index contributed by atoms with van der Waals surface area (Å²) in [5, 5.41) is 0.547. The number of aryl methyl sites for hydroxylation is 1. The van der Waals surface area contributed by atoms with Gasteiger partial charge in [-0.15, -0.1) is 0 Å². The van der Waals surface area contributed by atoms with E-state index in [1.807, 2.05) is 11.8 Å². The molecule has 1 N–H and O–H groups in total. The summed E-state index contributed by atoms with van der Waals surface area (Å²) < 4.78 is 0. The second-order valence-electron chi connectivity index (χ2n) is 5.38. The summed E-state index contributed by atoms with van der Waals surface area (Å²) in [6, 6.07) is 0. The highest BCUT2D eigenvalue weighted by atomic mass is 32.2. The molecular weight excluding hydrogens is 286 g/mol. The highest BCUT2D eigenvalue weighted by molar-refractivity contribution is 7.99. The highest BCUT2D eigenvalue weighted by Gasteiger charge is 2.16. The lowest BCUT2D eigenvalue weighted by Gasteiger charge is -2.19. The minimum absolute atomic E-state index is 0.105. The van der Waals surface area contributed by atoms with Crippen molar-refractivity contribution in [3.63, 3.8) is 0 Å². The van der Waals surface area contributed by atoms with Crippen LogP contribution in [0.5, 0.6) is 0 Å². The van der Waals surface area contributed by atoms with Crippen LogP contribution in [0.4, 0.5) is 0 Å². The van der Waals surface area contributed by atoms with Crippen molar-refractivity contribution in [1.29, 1.82) is 0 Å². The zero-order valence-corrected chi connectivity index (χ0v) is 13.6. The fourth-order valence-corrected chi connectivity index (χ4v) is 3.29. The lowest BCUT2D eigenvalue weighted by Crippen LogP contribution is -2.33. The van der Waals surface area contributed by atoms with Gasteiger partial charge in [-0.05, 0) is 26.2 Å². The summed E-state index contributed by atoms with van der Waals surface area (Å²) in [5.41, 5.74) is 1.37. The first-order valence-corrected chi connectivity index (χ1v) is 8.60. The smallest absolute Gasteiger partial charge is 0.254 e. The molecule has 2 rings (SSSR count). The third-order valence-electron chi connectivity index (χ3n) is 3.86. The maximum atomic E-state index is 12.2. The second kappa shape index (κ2) is 7.64. The minimum Gasteiger partial charge on any atom is -0.342 e. The monoisotopic (exact) mass is 309 g/mol. The van der Waals surface area contributed by atoms with Crippen LogP contribution in [0.1, 0.15) is 43.9 Å². The molecule has 0 saturated carbocycles. The van der Waals surface area contributed by atoms with E-state index in [9.17, 15) is 9.59 Å². The van der Waals surface area contributed by atoms with Crippen molar-refractivity contribution in [2.75, 3.05) is 18.8 Å². The quantitative estimate of drug-likeness (QED) is 0.683. The predicted molar refractivity (Wildman–Crippen MR) is 84.7 cm³/mol. The number of likely N-dealkylation sites (tertiary alicyclic amines) is 1. The summed E-state index contributed by atoms with van der Waals surface area (Å²) in [5.74, 6) is 0.484. The average molecular weight is 309 g/mol. The van der Waals surface area contributed by atoms with Gasteiger partial charge in [0.2, 0.25) is 5.91 Å². The average Bonchev–Trinajstić information content (AvgIpc) is 2.77. The molecule has 1 saturated heterocycles. The van der Waals surface area contributed by atoms with Crippen LogP contribution in [0.15, 0.2) is 9.95 Å². The van der Waals surface area contributed by atoms with Crippen LogP contribution in [0.3, 0.4) is 0 Å². The topological polar surface area (TPSA) is 66.1 Å². The Labute approximate surface area is 129 Å². The Morgan fingerprint density at radius 1 is 1.29 bits per heavy atom. The normalized spacial score (nSPS) is 15.8. The molecule has 1 aromatic heterocycles. The third kappa shape index (κ3) is 4.33. The first-order valence-electron chi connectivity index (χ1n) is 7.62. The van der Waals surface area contributed by atoms with E-state index in [0.29, 0.717) is 16.5 Å². The van der Waals surface area contributed by atoms with Crippen molar-refractivity contribution in [3.8, 4) is 0 Å². The van der Waals surface area contributed by atoms with Crippen molar-refractivity contribution >= 4 is 17.7 Å². The van der Waals surface area contributed by atoms with Crippen LogP contribution in [0, 0.1) is 6.92 Å². The second-order valence-corrected chi connectivity index (χ2v) is 6.34. The molecule has 0 atom stereocenters. The van der Waals surface area contributed by atoms with Crippen LogP contribution < -0.4 is 5.56 Å². The summed E-state index contributed by atoms with van der Waals surface area (Å²) in [4.78, 5) is 33.1. The molecule has 2 heterocycles. The number of hydrogen-bond acceptors (Lipinski definition) is 4. The Balaban J connectivity index is 1.97. The molecule has 1 aliphatic rings. The number of rotatable bonds is 4. The Kier molecular flexibility index (Phi) is 5.85. The number of nitrogens with one attached hydrogen (secondary N) is 1. The largest absolute Gasteiger partial charge is 0.342 e. The molecule has 1 amide bonds. The lowest BCUT2D eigenvalue weighted by molar-refractivity contribution is -0.128. The molecule has 1 fully saturated rings. The van der Waals surface area contributed by atoms with Gasteiger partial charge in [-0.1, -0.05) is 31.5 Å². The molecule has 5 nitrogen and oxygen atoms in total. The van der Waals surface area contributed by atoms with Crippen molar-refractivity contribution in [3.05, 3.63) is 21.6 Å². The van der Waals surface area contributed by atoms with Crippen molar-refractivity contribution in [1.82, 2.24) is 14.9 Å². The Hall–Kier alpha value is -1.30. The van der Waals surface area contributed by atoms with E-state index in [2.05, 4.69) is 9.97 Å². The zero-order chi connectivity index (χ0) is 15.2. The van der Waals surface area contributed by atoms with E-state index >= 15 is 0 Å². The van der Waals surface area contributed by atoms with E-state index in [1.54, 1.807) is 6.92 Å². The van der Waals surface area contributed by atoms with Gasteiger partial charge in [0.25, 0.3) is 5.56 Å². The first-order chi connectivity index (χ1) is 10.1. The molecule has 21 heavy (non-hydrogen) atoms. The summed E-state index contributed by atoms with van der Waals surface area (Å²) in [6.45, 7) is 5.47. The number of aromatic amines is 1. The number of aromatic nitrogens is 2. The Morgan fingerprint density at radius 2 is 1.95 bits per heavy atom. The minimum atomic E-state index is -0.105. The number of nitrogens with zero attached hydrogens (tertiary/aromatic N) is 2. The van der Waals surface area contributed by atoms with Gasteiger partial charge in [0.1, 0.15) is 0 Å². The summed E-state index contributed by atoms with van der Waals surface area (Å²) in [7, 11) is 0. The van der Waals surface area contributed by atoms with Gasteiger partial charge in [-0.3, -0.25) is 9.59 Å². The molecule has 116 valence electrons. The van der Waals surface area contributed by atoms with Crippen LogP contribution in [0.2, 0.25) is 0 Å². The Bertz CT molecular complexity index is 548. The van der Waals surface area contributed by atoms with Crippen LogP contribution in [0.25, 0.3) is 0 Å². The number of amides is 1. The van der Waals surface area contributed by atoms with Crippen molar-refractivity contribution in [2.45, 2.75) is 51.1 Å². The first kappa shape index (κ1) is 16.1. The number of H-pyrrole nitrogens is 1. The van der Waals surface area contributed by atoms with E-state index in [-0.39, 0.29) is 11.5 Å². The predicted octanol–water partition coefficient (Wildman–Crippen LogP) is 2.14. The van der Waals surface area contributed by atoms with Crippen LogP contribution in [-0.4, -0.2) is 39.6 Å². The molecule has 0 spiro atoms. The molecular formula is C15H23N3O2S. The van der Waals surface area contributed by atoms with Crippen LogP contribution in [-0.2, 0) is 11.2 Å². The van der Waals surface area contributed by atoms with Gasteiger partial charge in [-0.25, -0.2) is 4.98 Å². The van der Waals surface area contributed by atoms with Gasteiger partial charge in [0, 0.05) is 18.7 Å². The molecule has 6 heteroatoms. The van der Waals surface area contributed by atoms with Crippen molar-refractivity contribution < 1.29 is 4.79 Å². The van der Waals surface area contributed by atoms with Gasteiger partial charge >= 0.3 is 0 Å². The number of hydrogen-bond donors (Lipinski definition) is 1. The van der Waals surface area contributed by atoms with Crippen LogP contribution >= 0.6 is 11.8 Å². The fourth-order valence-electron chi connectivity index (χ4n) is 2.51. The molecule has 0 bridgehead atoms. The van der Waals surface area contributed by atoms with E-state index in [4.69, 9.17) is 0 Å². The van der Waals surface area contributed by atoms with Gasteiger partial charge in [0.15, 0.2) is 5.16 Å². The molecule has 0 aromatic carbocycles. The molecule has 0 aliphatic carbocycles. The van der Waals surface area contributed by atoms with Gasteiger partial charge in [-0.2, -0.15) is 0 Å². The summed E-state index contributed by atoms with van der Waals surface area (Å²) >= 11 is 1.32. The number of carbonyl (C=O) groups excluding carboxylic acids is 1. The van der Waals surface area contributed by atoms with E-state index in [1.165, 1.54) is 24.6 Å². The van der Waals surface area contributed by atoms with E-state index < -0.39 is 0 Å². The number of carbonyl (C=O) groups is 1. The van der Waals surface area contributed by atoms with Crippen molar-refractivity contribution in [2.24, 2.45) is 0 Å². The highest BCUT2D eigenvalue weighted by Crippen LogP contribution is 2.16. The third-order valence-corrected chi connectivity index (χ3v) is 4.71. The molecule has 1 aliphatic heterocycles. The number of thioether (sulfide) groups is 1. The lowest BCUT2D eigenvalue weighted by atomic mass is 10.2. The van der Waals surface area contributed by atoms with Gasteiger partial charge in [0.05, 0.1) is 11.4 Å². The fraction of sp³-hybridized carbons (Fsp3) is 0.667. The Morgan fingerprint density at radius 3 is 2.57 bits per heavy atom.